The fraction of sp³-hybridized carbons (Fsp3) is 0.429. The molecule has 2 amide bonds. The molecule has 0 bridgehead atoms. The number of anilines is 2. The second-order valence-corrected chi connectivity index (χ2v) is 8.32. The normalized spacial score (nSPS) is 11.1. The zero-order valence-corrected chi connectivity index (χ0v) is 22.0. The van der Waals surface area contributed by atoms with E-state index in [2.05, 4.69) is 58.5 Å². The third-order valence-electron chi connectivity index (χ3n) is 5.91. The lowest BCUT2D eigenvalue weighted by molar-refractivity contribution is -0.123. The number of hydrogen-bond donors (Lipinski definition) is 2. The summed E-state index contributed by atoms with van der Waals surface area (Å²) < 4.78 is 0. The number of nitrogens with zero attached hydrogens (tertiary/aromatic N) is 4. The van der Waals surface area contributed by atoms with Gasteiger partial charge in [-0.25, -0.2) is 10.9 Å². The lowest BCUT2D eigenvalue weighted by Crippen LogP contribution is -2.21. The van der Waals surface area contributed by atoms with E-state index in [4.69, 9.17) is 0 Å². The van der Waals surface area contributed by atoms with Crippen LogP contribution in [0.3, 0.4) is 0 Å². The third-order valence-corrected chi connectivity index (χ3v) is 5.91. The van der Waals surface area contributed by atoms with Gasteiger partial charge in [-0.2, -0.15) is 10.2 Å². The monoisotopic (exact) mass is 492 g/mol. The molecular weight excluding hydrogens is 452 g/mol. The van der Waals surface area contributed by atoms with Gasteiger partial charge in [0, 0.05) is 50.4 Å². The Balaban J connectivity index is 1.62. The molecule has 0 unspecified atom stereocenters. The molecule has 0 aliphatic carbocycles. The molecular formula is C28H40N6O2. The third kappa shape index (κ3) is 9.90. The van der Waals surface area contributed by atoms with Gasteiger partial charge in [0.25, 0.3) is 0 Å². The van der Waals surface area contributed by atoms with Crippen molar-refractivity contribution in [3.8, 4) is 0 Å². The Labute approximate surface area is 215 Å². The van der Waals surface area contributed by atoms with Crippen LogP contribution in [0.5, 0.6) is 0 Å². The largest absolute Gasteiger partial charge is 0.372 e. The first-order valence-corrected chi connectivity index (χ1v) is 12.8. The first-order chi connectivity index (χ1) is 17.5. The van der Waals surface area contributed by atoms with Crippen LogP contribution in [-0.4, -0.2) is 50.4 Å². The molecule has 8 heteroatoms. The van der Waals surface area contributed by atoms with Crippen LogP contribution in [0.4, 0.5) is 11.4 Å². The number of amides is 2. The molecule has 0 aromatic heterocycles. The minimum absolute atomic E-state index is 0.169. The molecule has 194 valence electrons. The van der Waals surface area contributed by atoms with Gasteiger partial charge in [0.2, 0.25) is 11.8 Å². The van der Waals surface area contributed by atoms with E-state index >= 15 is 0 Å². The van der Waals surface area contributed by atoms with Crippen LogP contribution in [0.15, 0.2) is 58.7 Å². The lowest BCUT2D eigenvalue weighted by Gasteiger charge is -2.20. The van der Waals surface area contributed by atoms with E-state index in [-0.39, 0.29) is 11.8 Å². The maximum absolute atomic E-state index is 12.0. The Morgan fingerprint density at radius 3 is 1.28 bits per heavy atom. The molecule has 2 N–H and O–H groups in total. The van der Waals surface area contributed by atoms with E-state index in [0.29, 0.717) is 25.7 Å². The quantitative estimate of drug-likeness (QED) is 0.217. The molecule has 0 saturated carbocycles. The Kier molecular flexibility index (Phi) is 12.8. The smallest absolute Gasteiger partial charge is 0.240 e. The van der Waals surface area contributed by atoms with Gasteiger partial charge in [-0.3, -0.25) is 9.59 Å². The molecule has 0 spiro atoms. The highest BCUT2D eigenvalue weighted by atomic mass is 16.2. The predicted octanol–water partition coefficient (Wildman–Crippen LogP) is 4.54. The molecule has 0 aliphatic rings. The number of nitrogens with one attached hydrogen (secondary N) is 2. The van der Waals surface area contributed by atoms with Crippen molar-refractivity contribution in [2.75, 3.05) is 36.0 Å². The van der Waals surface area contributed by atoms with E-state index in [1.165, 1.54) is 11.4 Å². The molecule has 0 aliphatic heterocycles. The number of carbonyl (C=O) groups is 2. The van der Waals surface area contributed by atoms with Gasteiger partial charge >= 0.3 is 0 Å². The van der Waals surface area contributed by atoms with E-state index < -0.39 is 0 Å². The Hall–Kier alpha value is -3.68. The van der Waals surface area contributed by atoms with Crippen molar-refractivity contribution in [2.24, 2.45) is 10.2 Å². The molecule has 0 heterocycles. The average Bonchev–Trinajstić information content (AvgIpc) is 2.90. The number of unbranched alkanes of at least 4 members (excludes halogenated alkanes) is 1. The van der Waals surface area contributed by atoms with Crippen LogP contribution in [0.1, 0.15) is 64.5 Å². The van der Waals surface area contributed by atoms with Crippen LogP contribution >= 0.6 is 0 Å². The zero-order chi connectivity index (χ0) is 26.2. The number of rotatable bonds is 15. The van der Waals surface area contributed by atoms with Gasteiger partial charge in [0.15, 0.2) is 0 Å². The highest BCUT2D eigenvalue weighted by molar-refractivity contribution is 5.84. The van der Waals surface area contributed by atoms with Gasteiger partial charge in [-0.05, 0) is 75.9 Å². The summed E-state index contributed by atoms with van der Waals surface area (Å²) in [5.74, 6) is -0.338. The lowest BCUT2D eigenvalue weighted by atomic mass is 10.2. The summed E-state index contributed by atoms with van der Waals surface area (Å²) in [5, 5.41) is 8.05. The molecule has 36 heavy (non-hydrogen) atoms. The number of hydrazone groups is 2. The van der Waals surface area contributed by atoms with Crippen molar-refractivity contribution in [3.05, 3.63) is 59.7 Å². The summed E-state index contributed by atoms with van der Waals surface area (Å²) >= 11 is 0. The molecule has 0 fully saturated rings. The fourth-order valence-electron chi connectivity index (χ4n) is 3.76. The highest BCUT2D eigenvalue weighted by Gasteiger charge is 2.04. The number of hydrogen-bond acceptors (Lipinski definition) is 6. The van der Waals surface area contributed by atoms with E-state index in [1.807, 2.05) is 48.5 Å². The topological polar surface area (TPSA) is 89.4 Å². The zero-order valence-electron chi connectivity index (χ0n) is 22.0. The van der Waals surface area contributed by atoms with Crippen LogP contribution in [0.2, 0.25) is 0 Å². The number of carbonyl (C=O) groups excluding carboxylic acids is 2. The van der Waals surface area contributed by atoms with E-state index in [9.17, 15) is 9.59 Å². The van der Waals surface area contributed by atoms with Gasteiger partial charge in [0.05, 0.1) is 12.4 Å². The Morgan fingerprint density at radius 2 is 0.972 bits per heavy atom. The van der Waals surface area contributed by atoms with Crippen LogP contribution in [0.25, 0.3) is 0 Å². The molecule has 0 saturated heterocycles. The van der Waals surface area contributed by atoms with Crippen LogP contribution in [-0.2, 0) is 9.59 Å². The summed E-state index contributed by atoms with van der Waals surface area (Å²) in [4.78, 5) is 28.5. The predicted molar refractivity (Wildman–Crippen MR) is 150 cm³/mol. The maximum atomic E-state index is 12.0. The summed E-state index contributed by atoms with van der Waals surface area (Å²) in [6.07, 6.45) is 5.09. The Morgan fingerprint density at radius 1 is 0.639 bits per heavy atom. The van der Waals surface area contributed by atoms with Crippen molar-refractivity contribution in [1.82, 2.24) is 10.9 Å². The molecule has 2 rings (SSSR count). The minimum Gasteiger partial charge on any atom is -0.372 e. The molecule has 0 atom stereocenters. The van der Waals surface area contributed by atoms with Gasteiger partial charge in [-0.15, -0.1) is 0 Å². The first kappa shape index (κ1) is 28.6. The van der Waals surface area contributed by atoms with Crippen molar-refractivity contribution < 1.29 is 9.59 Å². The summed E-state index contributed by atoms with van der Waals surface area (Å²) in [7, 11) is 0. The van der Waals surface area contributed by atoms with Gasteiger partial charge in [-0.1, -0.05) is 24.3 Å². The first-order valence-electron chi connectivity index (χ1n) is 12.8. The van der Waals surface area contributed by atoms with Crippen molar-refractivity contribution in [3.63, 3.8) is 0 Å². The van der Waals surface area contributed by atoms with Crippen molar-refractivity contribution >= 4 is 35.6 Å². The fourth-order valence-corrected chi connectivity index (χ4v) is 3.76. The summed E-state index contributed by atoms with van der Waals surface area (Å²) in [6, 6.07) is 16.1. The second-order valence-electron chi connectivity index (χ2n) is 8.32. The van der Waals surface area contributed by atoms with Gasteiger partial charge in [0.1, 0.15) is 0 Å². The maximum Gasteiger partial charge on any atom is 0.240 e. The summed E-state index contributed by atoms with van der Waals surface area (Å²) in [6.45, 7) is 12.3. The van der Waals surface area contributed by atoms with Crippen LogP contribution in [0, 0.1) is 0 Å². The van der Waals surface area contributed by atoms with E-state index in [1.54, 1.807) is 12.4 Å². The molecule has 8 nitrogen and oxygen atoms in total. The van der Waals surface area contributed by atoms with Crippen molar-refractivity contribution in [2.45, 2.75) is 53.4 Å². The van der Waals surface area contributed by atoms with E-state index in [0.717, 1.165) is 37.3 Å². The molecule has 2 aromatic carbocycles. The van der Waals surface area contributed by atoms with Gasteiger partial charge < -0.3 is 9.80 Å². The molecule has 2 aromatic rings. The Bertz CT molecular complexity index is 897. The standard InChI is InChI=1S/C28H40N6O2/c1-5-33(6-2)25-17-13-23(14-18-25)21-29-31-27(35)11-9-10-12-28(36)32-30-22-24-15-19-26(20-16-24)34(7-3)8-4/h13-22H,5-12H2,1-4H3,(H,31,35)(H,32,36). The highest BCUT2D eigenvalue weighted by Crippen LogP contribution is 2.15. The average molecular weight is 493 g/mol. The number of benzene rings is 2. The second kappa shape index (κ2) is 16.1. The minimum atomic E-state index is -0.169. The molecule has 0 radical (unpaired) electrons. The SMILES string of the molecule is CCN(CC)c1ccc(C=NNC(=O)CCCCC(=O)NN=Cc2ccc(N(CC)CC)cc2)cc1. The van der Waals surface area contributed by atoms with Crippen molar-refractivity contribution in [1.29, 1.82) is 0 Å². The van der Waals surface area contributed by atoms with Crippen LogP contribution < -0.4 is 20.7 Å². The summed E-state index contributed by atoms with van der Waals surface area (Å²) in [5.41, 5.74) is 9.26.